The van der Waals surface area contributed by atoms with Gasteiger partial charge < -0.3 is 10.2 Å². The van der Waals surface area contributed by atoms with Gasteiger partial charge in [0.1, 0.15) is 0 Å². The molecule has 1 heterocycles. The second kappa shape index (κ2) is 7.01. The zero-order valence-corrected chi connectivity index (χ0v) is 14.7. The predicted molar refractivity (Wildman–Crippen MR) is 97.0 cm³/mol. The average Bonchev–Trinajstić information content (AvgIpc) is 2.93. The van der Waals surface area contributed by atoms with E-state index >= 15 is 0 Å². The summed E-state index contributed by atoms with van der Waals surface area (Å²) in [6.45, 7) is 0.285. The fraction of sp³-hybridized carbons (Fsp3) is 0.176. The molecule has 4 nitrogen and oxygen atoms in total. The molecule has 1 saturated heterocycles. The van der Waals surface area contributed by atoms with Crippen LogP contribution in [0.5, 0.6) is 0 Å². The average molecular weight is 384 g/mol. The summed E-state index contributed by atoms with van der Waals surface area (Å²) >= 11 is 18.1. The number of anilines is 2. The van der Waals surface area contributed by atoms with Crippen LogP contribution in [0.15, 0.2) is 42.5 Å². The van der Waals surface area contributed by atoms with Crippen molar-refractivity contribution in [2.75, 3.05) is 16.8 Å². The first-order valence-corrected chi connectivity index (χ1v) is 8.40. The summed E-state index contributed by atoms with van der Waals surface area (Å²) < 4.78 is 0. The van der Waals surface area contributed by atoms with E-state index in [9.17, 15) is 9.59 Å². The zero-order chi connectivity index (χ0) is 17.3. The monoisotopic (exact) mass is 382 g/mol. The van der Waals surface area contributed by atoms with Crippen LogP contribution in [0.4, 0.5) is 11.4 Å². The van der Waals surface area contributed by atoms with Gasteiger partial charge in [0.2, 0.25) is 11.8 Å². The van der Waals surface area contributed by atoms with Gasteiger partial charge in [0.15, 0.2) is 0 Å². The lowest BCUT2D eigenvalue weighted by Crippen LogP contribution is -2.28. The highest BCUT2D eigenvalue weighted by atomic mass is 35.5. The summed E-state index contributed by atoms with van der Waals surface area (Å²) in [7, 11) is 0. The van der Waals surface area contributed by atoms with Gasteiger partial charge in [-0.2, -0.15) is 0 Å². The SMILES string of the molecule is O=C(Nc1c(Cl)cccc1Cl)C1CC(=O)N(c2cccc(Cl)c2)C1. The molecule has 1 aliphatic rings. The molecule has 1 N–H and O–H groups in total. The predicted octanol–water partition coefficient (Wildman–Crippen LogP) is 4.64. The van der Waals surface area contributed by atoms with Crippen LogP contribution in [-0.4, -0.2) is 18.4 Å². The van der Waals surface area contributed by atoms with Crippen LogP contribution in [0.2, 0.25) is 15.1 Å². The highest BCUT2D eigenvalue weighted by Gasteiger charge is 2.35. The minimum absolute atomic E-state index is 0.123. The van der Waals surface area contributed by atoms with Crippen molar-refractivity contribution in [2.24, 2.45) is 5.92 Å². The van der Waals surface area contributed by atoms with E-state index in [1.54, 1.807) is 47.4 Å². The topological polar surface area (TPSA) is 49.4 Å². The van der Waals surface area contributed by atoms with E-state index in [1.807, 2.05) is 0 Å². The smallest absolute Gasteiger partial charge is 0.229 e. The first-order chi connectivity index (χ1) is 11.5. The number of nitrogens with zero attached hydrogens (tertiary/aromatic N) is 1. The first kappa shape index (κ1) is 17.1. The molecule has 0 bridgehead atoms. The van der Waals surface area contributed by atoms with Crippen molar-refractivity contribution in [3.63, 3.8) is 0 Å². The number of benzene rings is 2. The molecule has 2 aromatic rings. The number of carbonyl (C=O) groups is 2. The molecule has 1 unspecified atom stereocenters. The summed E-state index contributed by atoms with van der Waals surface area (Å²) in [6.07, 6.45) is 0.125. The number of hydrogen-bond donors (Lipinski definition) is 1. The molecular weight excluding hydrogens is 371 g/mol. The molecule has 2 aromatic carbocycles. The Morgan fingerprint density at radius 1 is 1.08 bits per heavy atom. The number of amides is 2. The molecule has 0 saturated carbocycles. The van der Waals surface area contributed by atoms with Gasteiger partial charge in [-0.25, -0.2) is 0 Å². The Morgan fingerprint density at radius 3 is 2.42 bits per heavy atom. The number of hydrogen-bond acceptors (Lipinski definition) is 2. The number of rotatable bonds is 3. The second-order valence-corrected chi connectivity index (χ2v) is 6.72. The molecule has 0 aliphatic carbocycles. The molecule has 0 spiro atoms. The lowest BCUT2D eigenvalue weighted by atomic mass is 10.1. The third-order valence-electron chi connectivity index (χ3n) is 3.83. The Hall–Kier alpha value is -1.75. The quantitative estimate of drug-likeness (QED) is 0.839. The van der Waals surface area contributed by atoms with Gasteiger partial charge in [-0.3, -0.25) is 9.59 Å². The van der Waals surface area contributed by atoms with Gasteiger partial charge in [0.05, 0.1) is 21.7 Å². The van der Waals surface area contributed by atoms with E-state index in [-0.39, 0.29) is 24.8 Å². The maximum absolute atomic E-state index is 12.5. The van der Waals surface area contributed by atoms with Crippen LogP contribution in [0.1, 0.15) is 6.42 Å². The van der Waals surface area contributed by atoms with E-state index in [4.69, 9.17) is 34.8 Å². The molecule has 1 atom stereocenters. The Labute approximate surface area is 154 Å². The molecule has 24 heavy (non-hydrogen) atoms. The van der Waals surface area contributed by atoms with E-state index in [0.717, 1.165) is 0 Å². The van der Waals surface area contributed by atoms with E-state index in [1.165, 1.54) is 0 Å². The highest BCUT2D eigenvalue weighted by Crippen LogP contribution is 2.32. The van der Waals surface area contributed by atoms with Gasteiger partial charge in [-0.1, -0.05) is 46.9 Å². The highest BCUT2D eigenvalue weighted by molar-refractivity contribution is 6.39. The van der Waals surface area contributed by atoms with Crippen molar-refractivity contribution in [1.29, 1.82) is 0 Å². The third kappa shape index (κ3) is 3.51. The van der Waals surface area contributed by atoms with Gasteiger partial charge >= 0.3 is 0 Å². The lowest BCUT2D eigenvalue weighted by Gasteiger charge is -2.17. The summed E-state index contributed by atoms with van der Waals surface area (Å²) in [5.41, 5.74) is 1.04. The van der Waals surface area contributed by atoms with Crippen LogP contribution in [0.3, 0.4) is 0 Å². The van der Waals surface area contributed by atoms with E-state index in [2.05, 4.69) is 5.32 Å². The molecule has 0 radical (unpaired) electrons. The number of halogens is 3. The Balaban J connectivity index is 1.75. The van der Waals surface area contributed by atoms with Crippen molar-refractivity contribution < 1.29 is 9.59 Å². The van der Waals surface area contributed by atoms with Crippen LogP contribution in [-0.2, 0) is 9.59 Å². The van der Waals surface area contributed by atoms with E-state index in [0.29, 0.717) is 26.4 Å². The van der Waals surface area contributed by atoms with Crippen LogP contribution >= 0.6 is 34.8 Å². The summed E-state index contributed by atoms with van der Waals surface area (Å²) in [6, 6.07) is 12.0. The van der Waals surface area contributed by atoms with Gasteiger partial charge in [-0.05, 0) is 30.3 Å². The van der Waals surface area contributed by atoms with E-state index < -0.39 is 5.92 Å². The standard InChI is InChI=1S/C17H13Cl3N2O2/c18-11-3-1-4-12(8-11)22-9-10(7-15(22)23)17(24)21-16-13(19)5-2-6-14(16)20/h1-6,8,10H,7,9H2,(H,21,24). The molecule has 7 heteroatoms. The fourth-order valence-electron chi connectivity index (χ4n) is 2.62. The zero-order valence-electron chi connectivity index (χ0n) is 12.4. The van der Waals surface area contributed by atoms with Gasteiger partial charge in [0.25, 0.3) is 0 Å². The number of carbonyl (C=O) groups excluding carboxylic acids is 2. The molecule has 1 aliphatic heterocycles. The molecule has 2 amide bonds. The third-order valence-corrected chi connectivity index (χ3v) is 4.69. The Morgan fingerprint density at radius 2 is 1.75 bits per heavy atom. The van der Waals surface area contributed by atoms with Crippen molar-refractivity contribution in [1.82, 2.24) is 0 Å². The molecule has 1 fully saturated rings. The lowest BCUT2D eigenvalue weighted by molar-refractivity contribution is -0.122. The fourth-order valence-corrected chi connectivity index (χ4v) is 3.30. The van der Waals surface area contributed by atoms with Crippen molar-refractivity contribution in [2.45, 2.75) is 6.42 Å². The summed E-state index contributed by atoms with van der Waals surface area (Å²) in [5.74, 6) is -0.894. The second-order valence-electron chi connectivity index (χ2n) is 5.47. The maximum Gasteiger partial charge on any atom is 0.229 e. The van der Waals surface area contributed by atoms with Gasteiger partial charge in [-0.15, -0.1) is 0 Å². The first-order valence-electron chi connectivity index (χ1n) is 7.26. The Kier molecular flexibility index (Phi) is 4.99. The molecule has 0 aromatic heterocycles. The minimum Gasteiger partial charge on any atom is -0.323 e. The maximum atomic E-state index is 12.5. The molecule has 124 valence electrons. The minimum atomic E-state index is -0.483. The van der Waals surface area contributed by atoms with Crippen LogP contribution < -0.4 is 10.2 Å². The summed E-state index contributed by atoms with van der Waals surface area (Å²) in [4.78, 5) is 26.3. The van der Waals surface area contributed by atoms with Crippen molar-refractivity contribution in [3.05, 3.63) is 57.5 Å². The molecular formula is C17H13Cl3N2O2. The van der Waals surface area contributed by atoms with Crippen LogP contribution in [0, 0.1) is 5.92 Å². The number of nitrogens with one attached hydrogen (secondary N) is 1. The van der Waals surface area contributed by atoms with Crippen molar-refractivity contribution >= 4 is 58.0 Å². The number of para-hydroxylation sites is 1. The van der Waals surface area contributed by atoms with Crippen molar-refractivity contribution in [3.8, 4) is 0 Å². The normalized spacial score (nSPS) is 17.2. The molecule has 3 rings (SSSR count). The Bertz CT molecular complexity index is 790. The van der Waals surface area contributed by atoms with Gasteiger partial charge in [0, 0.05) is 23.7 Å². The van der Waals surface area contributed by atoms with Crippen LogP contribution in [0.25, 0.3) is 0 Å². The largest absolute Gasteiger partial charge is 0.323 e. The summed E-state index contributed by atoms with van der Waals surface area (Å²) in [5, 5.41) is 3.96.